The van der Waals surface area contributed by atoms with Gasteiger partial charge in [-0.1, -0.05) is 24.3 Å². The molecule has 1 radical (unpaired) electrons. The van der Waals surface area contributed by atoms with Crippen molar-refractivity contribution in [3.05, 3.63) is 35.9 Å². The first-order valence-electron chi connectivity index (χ1n) is 3.37. The van der Waals surface area contributed by atoms with Crippen LogP contribution in [0.3, 0.4) is 0 Å². The van der Waals surface area contributed by atoms with Crippen molar-refractivity contribution in [3.63, 3.8) is 0 Å². The molecule has 0 atom stereocenters. The topological polar surface area (TPSA) is 12.0 Å². The van der Waals surface area contributed by atoms with E-state index in [0.29, 0.717) is 0 Å². The SMILES string of the molecule is [c]1ccc2c(c1)NCC=C2. The second-order valence-electron chi connectivity index (χ2n) is 2.30. The molecule has 1 heteroatoms. The van der Waals surface area contributed by atoms with Crippen molar-refractivity contribution < 1.29 is 0 Å². The number of rotatable bonds is 0. The molecule has 1 nitrogen and oxygen atoms in total. The van der Waals surface area contributed by atoms with Gasteiger partial charge >= 0.3 is 0 Å². The standard InChI is InChI=1S/C9H8N/c1-2-6-9-8(4-1)5-3-7-10-9/h1,3-6,10H,7H2. The summed E-state index contributed by atoms with van der Waals surface area (Å²) in [4.78, 5) is 0. The van der Waals surface area contributed by atoms with Crippen molar-refractivity contribution >= 4 is 11.8 Å². The highest BCUT2D eigenvalue weighted by Crippen LogP contribution is 2.18. The van der Waals surface area contributed by atoms with Crippen molar-refractivity contribution in [1.29, 1.82) is 0 Å². The maximum atomic E-state index is 3.24. The van der Waals surface area contributed by atoms with Gasteiger partial charge < -0.3 is 5.32 Å². The predicted octanol–water partition coefficient (Wildman–Crippen LogP) is 1.93. The average molecular weight is 130 g/mol. The Morgan fingerprint density at radius 2 is 2.50 bits per heavy atom. The van der Waals surface area contributed by atoms with E-state index in [9.17, 15) is 0 Å². The third-order valence-corrected chi connectivity index (χ3v) is 1.61. The molecule has 10 heavy (non-hydrogen) atoms. The summed E-state index contributed by atoms with van der Waals surface area (Å²) in [6.45, 7) is 0.935. The largest absolute Gasteiger partial charge is 0.381 e. The number of anilines is 1. The first-order valence-corrected chi connectivity index (χ1v) is 3.37. The fourth-order valence-electron chi connectivity index (χ4n) is 1.10. The van der Waals surface area contributed by atoms with E-state index in [4.69, 9.17) is 0 Å². The quantitative estimate of drug-likeness (QED) is 0.565. The lowest BCUT2D eigenvalue weighted by Crippen LogP contribution is -2.03. The second-order valence-corrected chi connectivity index (χ2v) is 2.30. The van der Waals surface area contributed by atoms with Gasteiger partial charge in [0.1, 0.15) is 0 Å². The van der Waals surface area contributed by atoms with Crippen molar-refractivity contribution in [1.82, 2.24) is 0 Å². The molecule has 1 heterocycles. The molecule has 0 aromatic heterocycles. The van der Waals surface area contributed by atoms with Gasteiger partial charge in [0, 0.05) is 12.2 Å². The number of benzene rings is 1. The van der Waals surface area contributed by atoms with E-state index < -0.39 is 0 Å². The van der Waals surface area contributed by atoms with Gasteiger partial charge in [0.15, 0.2) is 0 Å². The van der Waals surface area contributed by atoms with E-state index in [1.54, 1.807) is 0 Å². The highest BCUT2D eigenvalue weighted by atomic mass is 14.9. The molecule has 0 fully saturated rings. The molecule has 1 aliphatic heterocycles. The Hall–Kier alpha value is -1.24. The van der Waals surface area contributed by atoms with Crippen molar-refractivity contribution in [2.24, 2.45) is 0 Å². The fraction of sp³-hybridized carbons (Fsp3) is 0.111. The third-order valence-electron chi connectivity index (χ3n) is 1.61. The van der Waals surface area contributed by atoms with Crippen molar-refractivity contribution in [2.75, 3.05) is 11.9 Å². The Morgan fingerprint density at radius 3 is 3.40 bits per heavy atom. The number of hydrogen-bond donors (Lipinski definition) is 1. The zero-order chi connectivity index (χ0) is 6.81. The molecule has 0 bridgehead atoms. The molecule has 49 valence electrons. The lowest BCUT2D eigenvalue weighted by Gasteiger charge is -2.10. The lowest BCUT2D eigenvalue weighted by molar-refractivity contribution is 1.31. The Labute approximate surface area is 60.4 Å². The Morgan fingerprint density at radius 1 is 1.50 bits per heavy atom. The predicted molar refractivity (Wildman–Crippen MR) is 42.8 cm³/mol. The Kier molecular flexibility index (Phi) is 1.21. The number of hydrogen-bond acceptors (Lipinski definition) is 1. The fourth-order valence-corrected chi connectivity index (χ4v) is 1.10. The Balaban J connectivity index is 2.54. The number of fused-ring (bicyclic) bond motifs is 1. The first-order chi connectivity index (χ1) is 4.97. The molecule has 1 aromatic rings. The molecule has 0 spiro atoms. The molecule has 0 saturated heterocycles. The van der Waals surface area contributed by atoms with Gasteiger partial charge in [-0.2, -0.15) is 0 Å². The average Bonchev–Trinajstić information content (AvgIpc) is 2.05. The molecule has 0 unspecified atom stereocenters. The van der Waals surface area contributed by atoms with Crippen molar-refractivity contribution in [3.8, 4) is 0 Å². The van der Waals surface area contributed by atoms with E-state index in [1.807, 2.05) is 12.1 Å². The van der Waals surface area contributed by atoms with Crippen LogP contribution in [0.5, 0.6) is 0 Å². The molecule has 1 aromatic carbocycles. The van der Waals surface area contributed by atoms with Crippen LogP contribution in [0.25, 0.3) is 6.08 Å². The molecule has 2 rings (SSSR count). The van der Waals surface area contributed by atoms with Gasteiger partial charge in [-0.15, -0.1) is 0 Å². The summed E-state index contributed by atoms with van der Waals surface area (Å²) < 4.78 is 0. The molecule has 0 saturated carbocycles. The summed E-state index contributed by atoms with van der Waals surface area (Å²) in [5.74, 6) is 0. The summed E-state index contributed by atoms with van der Waals surface area (Å²) >= 11 is 0. The van der Waals surface area contributed by atoms with Crippen LogP contribution in [0.4, 0.5) is 5.69 Å². The minimum atomic E-state index is 0.935. The molecule has 0 aliphatic carbocycles. The maximum absolute atomic E-state index is 3.24. The van der Waals surface area contributed by atoms with Crippen LogP contribution in [0.15, 0.2) is 24.3 Å². The van der Waals surface area contributed by atoms with E-state index in [-0.39, 0.29) is 0 Å². The van der Waals surface area contributed by atoms with E-state index in [0.717, 1.165) is 6.54 Å². The Bertz CT molecular complexity index is 263. The van der Waals surface area contributed by atoms with E-state index >= 15 is 0 Å². The van der Waals surface area contributed by atoms with Crippen molar-refractivity contribution in [2.45, 2.75) is 0 Å². The summed E-state index contributed by atoms with van der Waals surface area (Å²) in [7, 11) is 0. The zero-order valence-electron chi connectivity index (χ0n) is 5.59. The van der Waals surface area contributed by atoms with Crippen LogP contribution >= 0.6 is 0 Å². The minimum Gasteiger partial charge on any atom is -0.381 e. The van der Waals surface area contributed by atoms with Crippen LogP contribution in [0, 0.1) is 6.07 Å². The van der Waals surface area contributed by atoms with Gasteiger partial charge in [-0.3, -0.25) is 0 Å². The monoisotopic (exact) mass is 130 g/mol. The first kappa shape index (κ1) is 5.54. The summed E-state index contributed by atoms with van der Waals surface area (Å²) in [6, 6.07) is 8.98. The number of nitrogens with one attached hydrogen (secondary N) is 1. The van der Waals surface area contributed by atoms with Crippen LogP contribution in [-0.4, -0.2) is 6.54 Å². The highest BCUT2D eigenvalue weighted by molar-refractivity contribution is 5.69. The minimum absolute atomic E-state index is 0.935. The smallest absolute Gasteiger partial charge is 0.0422 e. The normalized spacial score (nSPS) is 14.0. The van der Waals surface area contributed by atoms with Gasteiger partial charge in [-0.25, -0.2) is 0 Å². The second kappa shape index (κ2) is 2.18. The maximum Gasteiger partial charge on any atom is 0.0422 e. The summed E-state index contributed by atoms with van der Waals surface area (Å²) in [5, 5.41) is 3.24. The van der Waals surface area contributed by atoms with Gasteiger partial charge in [0.2, 0.25) is 0 Å². The third kappa shape index (κ3) is 0.798. The van der Waals surface area contributed by atoms with Crippen LogP contribution in [0.1, 0.15) is 5.56 Å². The summed E-state index contributed by atoms with van der Waals surface area (Å²) in [6.07, 6.45) is 4.24. The molecular formula is C9H8N. The van der Waals surface area contributed by atoms with Gasteiger partial charge in [0.25, 0.3) is 0 Å². The van der Waals surface area contributed by atoms with E-state index in [1.165, 1.54) is 11.3 Å². The van der Waals surface area contributed by atoms with E-state index in [2.05, 4.69) is 29.6 Å². The van der Waals surface area contributed by atoms with Gasteiger partial charge in [-0.05, 0) is 17.7 Å². The molecule has 1 N–H and O–H groups in total. The highest BCUT2D eigenvalue weighted by Gasteiger charge is 1.99. The molecule has 1 aliphatic rings. The van der Waals surface area contributed by atoms with Gasteiger partial charge in [0.05, 0.1) is 0 Å². The molecular weight excluding hydrogens is 122 g/mol. The summed E-state index contributed by atoms with van der Waals surface area (Å²) in [5.41, 5.74) is 2.44. The lowest BCUT2D eigenvalue weighted by atomic mass is 10.1. The molecule has 0 amide bonds. The van der Waals surface area contributed by atoms with Crippen LogP contribution in [-0.2, 0) is 0 Å². The van der Waals surface area contributed by atoms with Crippen LogP contribution in [0.2, 0.25) is 0 Å². The van der Waals surface area contributed by atoms with Crippen LogP contribution < -0.4 is 5.32 Å². The zero-order valence-corrected chi connectivity index (χ0v) is 5.59.